The molecule has 0 radical (unpaired) electrons. The van der Waals surface area contributed by atoms with Gasteiger partial charge in [-0.25, -0.2) is 9.78 Å². The molecule has 0 unspecified atom stereocenters. The van der Waals surface area contributed by atoms with Crippen LogP contribution in [-0.4, -0.2) is 27.3 Å². The van der Waals surface area contributed by atoms with E-state index in [1.807, 2.05) is 47.1 Å². The normalized spacial score (nSPS) is 11.0. The fourth-order valence-electron chi connectivity index (χ4n) is 2.84. The zero-order valence-corrected chi connectivity index (χ0v) is 14.3. The molecule has 26 heavy (non-hydrogen) atoms. The predicted molar refractivity (Wildman–Crippen MR) is 96.7 cm³/mol. The third kappa shape index (κ3) is 2.97. The van der Waals surface area contributed by atoms with Crippen molar-refractivity contribution in [1.29, 1.82) is 0 Å². The van der Waals surface area contributed by atoms with Crippen molar-refractivity contribution in [2.75, 3.05) is 6.61 Å². The average molecular weight is 347 g/mol. The summed E-state index contributed by atoms with van der Waals surface area (Å²) in [7, 11) is 0. The first-order valence-corrected chi connectivity index (χ1v) is 8.38. The Labute approximate surface area is 150 Å². The molecule has 0 saturated heterocycles. The second kappa shape index (κ2) is 6.84. The molecule has 6 nitrogen and oxygen atoms in total. The van der Waals surface area contributed by atoms with Crippen molar-refractivity contribution in [2.45, 2.75) is 13.5 Å². The molecule has 4 aromatic rings. The molecular formula is C20H17N3O3. The first-order valence-electron chi connectivity index (χ1n) is 8.38. The number of nitrogens with zero attached hydrogens (tertiary/aromatic N) is 3. The Morgan fingerprint density at radius 1 is 1.12 bits per heavy atom. The van der Waals surface area contributed by atoms with Crippen LogP contribution in [0, 0.1) is 0 Å². The van der Waals surface area contributed by atoms with Gasteiger partial charge in [0.1, 0.15) is 6.26 Å². The van der Waals surface area contributed by atoms with E-state index in [1.165, 1.54) is 6.26 Å². The van der Waals surface area contributed by atoms with Gasteiger partial charge in [-0.3, -0.25) is 4.68 Å². The fraction of sp³-hybridized carbons (Fsp3) is 0.150. The number of carbonyl (C=O) groups excluding carboxylic acids is 1. The molecule has 0 fully saturated rings. The Morgan fingerprint density at radius 3 is 2.69 bits per heavy atom. The van der Waals surface area contributed by atoms with Crippen LogP contribution in [0.1, 0.15) is 23.0 Å². The summed E-state index contributed by atoms with van der Waals surface area (Å²) in [5, 5.41) is 5.60. The van der Waals surface area contributed by atoms with E-state index in [0.717, 1.165) is 16.5 Å². The number of carbonyl (C=O) groups is 1. The van der Waals surface area contributed by atoms with E-state index in [4.69, 9.17) is 9.15 Å². The highest BCUT2D eigenvalue weighted by molar-refractivity contribution is 5.92. The van der Waals surface area contributed by atoms with Gasteiger partial charge in [0.2, 0.25) is 5.89 Å². The highest BCUT2D eigenvalue weighted by atomic mass is 16.5. The van der Waals surface area contributed by atoms with Crippen LogP contribution in [0.4, 0.5) is 0 Å². The summed E-state index contributed by atoms with van der Waals surface area (Å²) in [6.45, 7) is 2.67. The molecule has 0 bridgehead atoms. The van der Waals surface area contributed by atoms with Gasteiger partial charge >= 0.3 is 5.97 Å². The molecule has 0 N–H and O–H groups in total. The van der Waals surface area contributed by atoms with Crippen LogP contribution in [0.3, 0.4) is 0 Å². The number of esters is 1. The quantitative estimate of drug-likeness (QED) is 0.512. The molecule has 0 atom stereocenters. The van der Waals surface area contributed by atoms with Crippen LogP contribution in [0.15, 0.2) is 65.3 Å². The van der Waals surface area contributed by atoms with Gasteiger partial charge in [0, 0.05) is 5.39 Å². The smallest absolute Gasteiger partial charge is 0.360 e. The number of fused-ring (bicyclic) bond motifs is 1. The fourth-order valence-corrected chi connectivity index (χ4v) is 2.84. The molecule has 0 spiro atoms. The highest BCUT2D eigenvalue weighted by Gasteiger charge is 2.19. The van der Waals surface area contributed by atoms with Gasteiger partial charge in [0.05, 0.1) is 18.7 Å². The molecule has 6 heteroatoms. The Balaban J connectivity index is 1.75. The number of ether oxygens (including phenoxy) is 1. The Bertz CT molecular complexity index is 1050. The number of aromatic nitrogens is 3. The molecule has 0 amide bonds. The lowest BCUT2D eigenvalue weighted by Crippen LogP contribution is -2.04. The summed E-state index contributed by atoms with van der Waals surface area (Å²) in [4.78, 5) is 16.1. The van der Waals surface area contributed by atoms with Gasteiger partial charge in [0.15, 0.2) is 11.4 Å². The van der Waals surface area contributed by atoms with E-state index < -0.39 is 5.97 Å². The molecule has 2 heterocycles. The summed E-state index contributed by atoms with van der Waals surface area (Å²) in [6.07, 6.45) is 1.30. The van der Waals surface area contributed by atoms with Crippen molar-refractivity contribution in [3.63, 3.8) is 0 Å². The zero-order valence-electron chi connectivity index (χ0n) is 14.3. The largest absolute Gasteiger partial charge is 0.461 e. The van der Waals surface area contributed by atoms with Gasteiger partial charge in [-0.2, -0.15) is 5.10 Å². The average Bonchev–Trinajstić information content (AvgIpc) is 3.28. The lowest BCUT2D eigenvalue weighted by atomic mass is 10.2. The number of oxazole rings is 1. The number of benzene rings is 2. The third-order valence-electron chi connectivity index (χ3n) is 4.02. The first-order chi connectivity index (χ1) is 12.8. The Hall–Kier alpha value is -3.41. The number of para-hydroxylation sites is 1. The van der Waals surface area contributed by atoms with Crippen LogP contribution >= 0.6 is 0 Å². The minimum Gasteiger partial charge on any atom is -0.461 e. The standard InChI is InChI=1S/C20H17N3O3/c1-2-25-20(24)16-13-26-19(21-16)18-15-10-6-7-11-17(15)23(22-18)12-14-8-4-3-5-9-14/h3-11,13H,2,12H2,1H3. The number of hydrogen-bond acceptors (Lipinski definition) is 5. The molecule has 130 valence electrons. The van der Waals surface area contributed by atoms with Crippen LogP contribution < -0.4 is 0 Å². The van der Waals surface area contributed by atoms with Crippen molar-refractivity contribution >= 4 is 16.9 Å². The Morgan fingerprint density at radius 2 is 1.88 bits per heavy atom. The van der Waals surface area contributed by atoms with Crippen molar-refractivity contribution in [1.82, 2.24) is 14.8 Å². The highest BCUT2D eigenvalue weighted by Crippen LogP contribution is 2.28. The lowest BCUT2D eigenvalue weighted by molar-refractivity contribution is 0.0519. The number of rotatable bonds is 5. The molecule has 2 aromatic carbocycles. The topological polar surface area (TPSA) is 70.2 Å². The lowest BCUT2D eigenvalue weighted by Gasteiger charge is -2.03. The summed E-state index contributed by atoms with van der Waals surface area (Å²) >= 11 is 0. The molecule has 0 saturated carbocycles. The summed E-state index contributed by atoms with van der Waals surface area (Å²) in [5.74, 6) is -0.202. The minimum absolute atomic E-state index is 0.142. The van der Waals surface area contributed by atoms with Gasteiger partial charge in [-0.05, 0) is 18.6 Å². The molecule has 0 aliphatic heterocycles. The maximum Gasteiger partial charge on any atom is 0.360 e. The minimum atomic E-state index is -0.504. The van der Waals surface area contributed by atoms with Crippen molar-refractivity contribution in [3.8, 4) is 11.6 Å². The second-order valence-corrected chi connectivity index (χ2v) is 5.77. The zero-order chi connectivity index (χ0) is 17.9. The third-order valence-corrected chi connectivity index (χ3v) is 4.02. The van der Waals surface area contributed by atoms with Gasteiger partial charge in [-0.1, -0.05) is 48.5 Å². The monoisotopic (exact) mass is 347 g/mol. The van der Waals surface area contributed by atoms with Crippen LogP contribution in [0.2, 0.25) is 0 Å². The molecule has 2 aromatic heterocycles. The van der Waals surface area contributed by atoms with Crippen molar-refractivity contribution in [3.05, 3.63) is 72.1 Å². The molecule has 4 rings (SSSR count). The Kier molecular flexibility index (Phi) is 4.23. The SMILES string of the molecule is CCOC(=O)c1coc(-c2nn(Cc3ccccc3)c3ccccc23)n1. The van der Waals surface area contributed by atoms with Gasteiger partial charge < -0.3 is 9.15 Å². The van der Waals surface area contributed by atoms with Gasteiger partial charge in [-0.15, -0.1) is 0 Å². The van der Waals surface area contributed by atoms with E-state index in [1.54, 1.807) is 6.92 Å². The van der Waals surface area contributed by atoms with E-state index >= 15 is 0 Å². The molecular weight excluding hydrogens is 330 g/mol. The van der Waals surface area contributed by atoms with Crippen LogP contribution in [0.25, 0.3) is 22.5 Å². The first kappa shape index (κ1) is 16.1. The predicted octanol–water partition coefficient (Wildman–Crippen LogP) is 3.92. The maximum atomic E-state index is 11.8. The van der Waals surface area contributed by atoms with Gasteiger partial charge in [0.25, 0.3) is 0 Å². The summed E-state index contributed by atoms with van der Waals surface area (Å²) in [5.41, 5.74) is 2.87. The second-order valence-electron chi connectivity index (χ2n) is 5.77. The van der Waals surface area contributed by atoms with Crippen molar-refractivity contribution < 1.29 is 13.9 Å². The molecule has 0 aliphatic rings. The van der Waals surface area contributed by atoms with E-state index in [9.17, 15) is 4.79 Å². The summed E-state index contributed by atoms with van der Waals surface area (Å²) < 4.78 is 12.4. The molecule has 0 aliphatic carbocycles. The maximum absolute atomic E-state index is 11.8. The van der Waals surface area contributed by atoms with E-state index in [2.05, 4.69) is 22.2 Å². The summed E-state index contributed by atoms with van der Waals surface area (Å²) in [6, 6.07) is 18.0. The number of hydrogen-bond donors (Lipinski definition) is 0. The van der Waals surface area contributed by atoms with E-state index in [0.29, 0.717) is 18.1 Å². The van der Waals surface area contributed by atoms with E-state index in [-0.39, 0.29) is 12.3 Å². The van der Waals surface area contributed by atoms with Crippen LogP contribution in [-0.2, 0) is 11.3 Å². The van der Waals surface area contributed by atoms with Crippen molar-refractivity contribution in [2.24, 2.45) is 0 Å². The van der Waals surface area contributed by atoms with Crippen LogP contribution in [0.5, 0.6) is 0 Å².